The van der Waals surface area contributed by atoms with Crippen molar-refractivity contribution in [2.24, 2.45) is 0 Å². The summed E-state index contributed by atoms with van der Waals surface area (Å²) >= 11 is 1.30. The second-order valence-electron chi connectivity index (χ2n) is 4.77. The maximum absolute atomic E-state index is 12.2. The molecule has 0 aromatic carbocycles. The number of likely N-dealkylation sites (N-methyl/N-ethyl adjacent to an activating group) is 2. The lowest BCUT2D eigenvalue weighted by Crippen LogP contribution is -2.41. The Balaban J connectivity index is 1.95. The SMILES string of the molecule is CCN1CCCC1CN(C)C(=O)c1nnc(NC)s1. The van der Waals surface area contributed by atoms with Crippen molar-refractivity contribution in [3.05, 3.63) is 5.01 Å². The molecule has 1 N–H and O–H groups in total. The third kappa shape index (κ3) is 3.22. The fraction of sp³-hybridized carbons (Fsp3) is 0.750. The molecule has 106 valence electrons. The summed E-state index contributed by atoms with van der Waals surface area (Å²) in [5.41, 5.74) is 0. The number of hydrogen-bond acceptors (Lipinski definition) is 6. The molecule has 6 nitrogen and oxygen atoms in total. The van der Waals surface area contributed by atoms with Crippen LogP contribution in [0.5, 0.6) is 0 Å². The van der Waals surface area contributed by atoms with E-state index in [1.807, 2.05) is 7.05 Å². The predicted molar refractivity (Wildman–Crippen MR) is 76.7 cm³/mol. The molecule has 0 bridgehead atoms. The zero-order valence-corrected chi connectivity index (χ0v) is 12.5. The Kier molecular flexibility index (Phi) is 4.71. The maximum Gasteiger partial charge on any atom is 0.284 e. The molecule has 1 aliphatic heterocycles. The maximum atomic E-state index is 12.2. The fourth-order valence-corrected chi connectivity index (χ4v) is 3.18. The van der Waals surface area contributed by atoms with Gasteiger partial charge in [0, 0.05) is 26.7 Å². The van der Waals surface area contributed by atoms with Crippen LogP contribution in [0.3, 0.4) is 0 Å². The number of nitrogens with zero attached hydrogens (tertiary/aromatic N) is 4. The van der Waals surface area contributed by atoms with Crippen molar-refractivity contribution in [3.8, 4) is 0 Å². The van der Waals surface area contributed by atoms with Gasteiger partial charge in [-0.15, -0.1) is 10.2 Å². The number of aromatic nitrogens is 2. The van der Waals surface area contributed by atoms with Gasteiger partial charge in [0.2, 0.25) is 10.1 Å². The lowest BCUT2D eigenvalue weighted by atomic mass is 10.2. The molecule has 1 atom stereocenters. The average Bonchev–Trinajstić information content (AvgIpc) is 3.06. The van der Waals surface area contributed by atoms with Gasteiger partial charge in [-0.1, -0.05) is 18.3 Å². The lowest BCUT2D eigenvalue weighted by Gasteiger charge is -2.27. The Morgan fingerprint density at radius 3 is 3.00 bits per heavy atom. The Morgan fingerprint density at radius 1 is 1.58 bits per heavy atom. The summed E-state index contributed by atoms with van der Waals surface area (Å²) < 4.78 is 0. The van der Waals surface area contributed by atoms with Crippen LogP contribution in [0, 0.1) is 0 Å². The predicted octanol–water partition coefficient (Wildman–Crippen LogP) is 1.14. The van der Waals surface area contributed by atoms with E-state index in [9.17, 15) is 4.79 Å². The summed E-state index contributed by atoms with van der Waals surface area (Å²) in [7, 11) is 3.62. The molecule has 2 heterocycles. The van der Waals surface area contributed by atoms with Crippen LogP contribution in [0.15, 0.2) is 0 Å². The zero-order valence-electron chi connectivity index (χ0n) is 11.7. The van der Waals surface area contributed by atoms with Gasteiger partial charge < -0.3 is 10.2 Å². The van der Waals surface area contributed by atoms with Gasteiger partial charge in [0.05, 0.1) is 0 Å². The van der Waals surface area contributed by atoms with Crippen molar-refractivity contribution in [1.82, 2.24) is 20.0 Å². The molecule has 0 aliphatic carbocycles. The fourth-order valence-electron chi connectivity index (χ4n) is 2.49. The lowest BCUT2D eigenvalue weighted by molar-refractivity contribution is 0.0753. The van der Waals surface area contributed by atoms with Gasteiger partial charge in [-0.25, -0.2) is 0 Å². The quantitative estimate of drug-likeness (QED) is 0.878. The summed E-state index contributed by atoms with van der Waals surface area (Å²) in [6.07, 6.45) is 2.40. The molecular formula is C12H21N5OS. The third-order valence-corrected chi connectivity index (χ3v) is 4.49. The van der Waals surface area contributed by atoms with E-state index in [0.29, 0.717) is 16.2 Å². The number of hydrogen-bond donors (Lipinski definition) is 1. The number of nitrogens with one attached hydrogen (secondary N) is 1. The second-order valence-corrected chi connectivity index (χ2v) is 5.75. The molecule has 19 heavy (non-hydrogen) atoms. The smallest absolute Gasteiger partial charge is 0.284 e. The average molecular weight is 283 g/mol. The monoisotopic (exact) mass is 283 g/mol. The van der Waals surface area contributed by atoms with E-state index < -0.39 is 0 Å². The van der Waals surface area contributed by atoms with Crippen molar-refractivity contribution in [3.63, 3.8) is 0 Å². The molecule has 0 spiro atoms. The van der Waals surface area contributed by atoms with Gasteiger partial charge in [-0.2, -0.15) is 0 Å². The van der Waals surface area contributed by atoms with Crippen molar-refractivity contribution in [2.75, 3.05) is 39.0 Å². The number of likely N-dealkylation sites (tertiary alicyclic amines) is 1. The van der Waals surface area contributed by atoms with Crippen LogP contribution >= 0.6 is 11.3 Å². The number of carbonyl (C=O) groups excluding carboxylic acids is 1. The first-order valence-corrected chi connectivity index (χ1v) is 7.48. The van der Waals surface area contributed by atoms with E-state index >= 15 is 0 Å². The highest BCUT2D eigenvalue weighted by Crippen LogP contribution is 2.19. The molecule has 2 rings (SSSR count). The van der Waals surface area contributed by atoms with Gasteiger partial charge in [0.25, 0.3) is 5.91 Å². The summed E-state index contributed by atoms with van der Waals surface area (Å²) in [6.45, 7) is 5.13. The third-order valence-electron chi connectivity index (χ3n) is 3.56. The van der Waals surface area contributed by atoms with Crippen molar-refractivity contribution in [2.45, 2.75) is 25.8 Å². The minimum absolute atomic E-state index is 0.0399. The first-order valence-electron chi connectivity index (χ1n) is 6.66. The summed E-state index contributed by atoms with van der Waals surface area (Å²) in [4.78, 5) is 16.4. The van der Waals surface area contributed by atoms with Crippen molar-refractivity contribution in [1.29, 1.82) is 0 Å². The highest BCUT2D eigenvalue weighted by molar-refractivity contribution is 7.17. The Labute approximate surface area is 117 Å². The number of anilines is 1. The molecule has 1 amide bonds. The molecule has 0 saturated carbocycles. The van der Waals surface area contributed by atoms with Crippen LogP contribution in [0.25, 0.3) is 0 Å². The van der Waals surface area contributed by atoms with Crippen LogP contribution in [0.2, 0.25) is 0 Å². The first kappa shape index (κ1) is 14.2. The van der Waals surface area contributed by atoms with Crippen LogP contribution < -0.4 is 5.32 Å². The molecule has 7 heteroatoms. The van der Waals surface area contributed by atoms with Crippen LogP contribution in [0.4, 0.5) is 5.13 Å². The highest BCUT2D eigenvalue weighted by atomic mass is 32.1. The van der Waals surface area contributed by atoms with Crippen molar-refractivity contribution < 1.29 is 4.79 Å². The highest BCUT2D eigenvalue weighted by Gasteiger charge is 2.26. The van der Waals surface area contributed by atoms with E-state index in [4.69, 9.17) is 0 Å². The number of carbonyl (C=O) groups is 1. The van der Waals surface area contributed by atoms with Gasteiger partial charge in [-0.05, 0) is 25.9 Å². The topological polar surface area (TPSA) is 61.4 Å². The van der Waals surface area contributed by atoms with Gasteiger partial charge in [-0.3, -0.25) is 9.69 Å². The molecule has 1 aromatic rings. The largest absolute Gasteiger partial charge is 0.363 e. The molecule has 1 fully saturated rings. The van der Waals surface area contributed by atoms with E-state index in [-0.39, 0.29) is 5.91 Å². The second kappa shape index (κ2) is 6.29. The van der Waals surface area contributed by atoms with Gasteiger partial charge >= 0.3 is 0 Å². The summed E-state index contributed by atoms with van der Waals surface area (Å²) in [5.74, 6) is -0.0399. The van der Waals surface area contributed by atoms with Gasteiger partial charge in [0.1, 0.15) is 0 Å². The van der Waals surface area contributed by atoms with E-state index in [0.717, 1.165) is 19.6 Å². The Morgan fingerprint density at radius 2 is 2.37 bits per heavy atom. The molecule has 1 saturated heterocycles. The number of rotatable bonds is 5. The standard InChI is InChI=1S/C12H21N5OS/c1-4-17-7-5-6-9(17)8-16(3)11(18)10-14-15-12(13-2)19-10/h9H,4-8H2,1-3H3,(H,13,15). The minimum Gasteiger partial charge on any atom is -0.363 e. The van der Waals surface area contributed by atoms with Crippen LogP contribution in [-0.4, -0.2) is 65.7 Å². The Hall–Kier alpha value is -1.21. The van der Waals surface area contributed by atoms with Crippen LogP contribution in [0.1, 0.15) is 29.6 Å². The zero-order chi connectivity index (χ0) is 13.8. The minimum atomic E-state index is -0.0399. The Bertz CT molecular complexity index is 436. The molecule has 1 unspecified atom stereocenters. The summed E-state index contributed by atoms with van der Waals surface area (Å²) in [5, 5.41) is 11.8. The number of amides is 1. The normalized spacial score (nSPS) is 19.6. The van der Waals surface area contributed by atoms with Crippen LogP contribution in [-0.2, 0) is 0 Å². The van der Waals surface area contributed by atoms with Crippen molar-refractivity contribution >= 4 is 22.4 Å². The van der Waals surface area contributed by atoms with E-state index in [2.05, 4.69) is 27.3 Å². The van der Waals surface area contributed by atoms with E-state index in [1.54, 1.807) is 11.9 Å². The molecule has 1 aromatic heterocycles. The summed E-state index contributed by atoms with van der Waals surface area (Å²) in [6, 6.07) is 0.482. The molecule has 1 aliphatic rings. The van der Waals surface area contributed by atoms with E-state index in [1.165, 1.54) is 24.2 Å². The van der Waals surface area contributed by atoms with Gasteiger partial charge in [0.15, 0.2) is 0 Å². The molecule has 0 radical (unpaired) electrons. The first-order chi connectivity index (χ1) is 9.15. The molecular weight excluding hydrogens is 262 g/mol.